The zero-order chi connectivity index (χ0) is 24.3. The van der Waals surface area contributed by atoms with Crippen molar-refractivity contribution < 1.29 is 18.7 Å². The van der Waals surface area contributed by atoms with Crippen molar-refractivity contribution in [3.8, 4) is 0 Å². The number of hydrogen-bond donors (Lipinski definition) is 0. The van der Waals surface area contributed by atoms with E-state index in [1.165, 1.54) is 29.9 Å². The SMILES string of the molecule is CCCCCCCC(=O)N(CCCOC)CC(=O)N1CCc2sccc2C1c1ccc(F)cc1. The second kappa shape index (κ2) is 13.6. The Morgan fingerprint density at radius 1 is 1.12 bits per heavy atom. The summed E-state index contributed by atoms with van der Waals surface area (Å²) in [6.07, 6.45) is 7.36. The van der Waals surface area contributed by atoms with E-state index in [-0.39, 0.29) is 30.2 Å². The number of benzene rings is 1. The Labute approximate surface area is 206 Å². The molecule has 0 radical (unpaired) electrons. The van der Waals surface area contributed by atoms with Gasteiger partial charge in [-0.2, -0.15) is 0 Å². The molecule has 7 heteroatoms. The van der Waals surface area contributed by atoms with Gasteiger partial charge >= 0.3 is 0 Å². The van der Waals surface area contributed by atoms with E-state index in [1.807, 2.05) is 10.3 Å². The van der Waals surface area contributed by atoms with Crippen molar-refractivity contribution in [1.82, 2.24) is 9.80 Å². The number of nitrogens with zero attached hydrogens (tertiary/aromatic N) is 2. The standard InChI is InChI=1S/C27H37FN2O3S/c1-3-4-5-6-7-9-25(31)29(16-8-18-33-2)20-26(32)30-17-14-24-23(15-19-34-24)27(30)21-10-12-22(28)13-11-21/h10-13,15,19,27H,3-9,14,16-18,20H2,1-2H3. The van der Waals surface area contributed by atoms with Crippen LogP contribution in [0.1, 0.15) is 73.9 Å². The van der Waals surface area contributed by atoms with E-state index < -0.39 is 0 Å². The Hall–Kier alpha value is -2.25. The van der Waals surface area contributed by atoms with Crippen LogP contribution >= 0.6 is 11.3 Å². The van der Waals surface area contributed by atoms with Crippen LogP contribution < -0.4 is 0 Å². The quantitative estimate of drug-likeness (QED) is 0.346. The van der Waals surface area contributed by atoms with Gasteiger partial charge in [-0.25, -0.2) is 4.39 Å². The number of carbonyl (C=O) groups excluding carboxylic acids is 2. The lowest BCUT2D eigenvalue weighted by Gasteiger charge is -2.37. The molecule has 1 unspecified atom stereocenters. The molecule has 2 aromatic rings. The predicted octanol–water partition coefficient (Wildman–Crippen LogP) is 5.59. The van der Waals surface area contributed by atoms with Gasteiger partial charge in [0.25, 0.3) is 0 Å². The Bertz CT molecular complexity index is 915. The third-order valence-electron chi connectivity index (χ3n) is 6.42. The topological polar surface area (TPSA) is 49.9 Å². The van der Waals surface area contributed by atoms with Gasteiger partial charge in [0.1, 0.15) is 5.82 Å². The Kier molecular flexibility index (Phi) is 10.5. The molecule has 0 bridgehead atoms. The van der Waals surface area contributed by atoms with Crippen LogP contribution in [-0.4, -0.2) is 55.0 Å². The van der Waals surface area contributed by atoms with Crippen molar-refractivity contribution >= 4 is 23.2 Å². The van der Waals surface area contributed by atoms with E-state index >= 15 is 0 Å². The van der Waals surface area contributed by atoms with E-state index in [0.29, 0.717) is 32.5 Å². The molecular weight excluding hydrogens is 451 g/mol. The van der Waals surface area contributed by atoms with Crippen molar-refractivity contribution in [2.45, 2.75) is 64.3 Å². The van der Waals surface area contributed by atoms with E-state index in [1.54, 1.807) is 35.5 Å². The van der Waals surface area contributed by atoms with Gasteiger partial charge < -0.3 is 14.5 Å². The number of hydrogen-bond acceptors (Lipinski definition) is 4. The summed E-state index contributed by atoms with van der Waals surface area (Å²) in [5.74, 6) is -0.327. The minimum absolute atomic E-state index is 0.0347. The fourth-order valence-corrected chi connectivity index (χ4v) is 5.48. The van der Waals surface area contributed by atoms with Crippen LogP contribution in [0.4, 0.5) is 4.39 Å². The summed E-state index contributed by atoms with van der Waals surface area (Å²) in [7, 11) is 1.64. The van der Waals surface area contributed by atoms with Crippen LogP contribution in [0.25, 0.3) is 0 Å². The van der Waals surface area contributed by atoms with Crippen molar-refractivity contribution in [1.29, 1.82) is 0 Å². The zero-order valence-electron chi connectivity index (χ0n) is 20.4. The summed E-state index contributed by atoms with van der Waals surface area (Å²) in [5.41, 5.74) is 1.99. The molecule has 1 aliphatic rings. The summed E-state index contributed by atoms with van der Waals surface area (Å²) < 4.78 is 18.8. The van der Waals surface area contributed by atoms with E-state index in [4.69, 9.17) is 4.74 Å². The van der Waals surface area contributed by atoms with Gasteiger partial charge in [-0.3, -0.25) is 9.59 Å². The minimum Gasteiger partial charge on any atom is -0.385 e. The number of carbonyl (C=O) groups is 2. The molecule has 186 valence electrons. The van der Waals surface area contributed by atoms with Crippen LogP contribution in [-0.2, 0) is 20.7 Å². The summed E-state index contributed by atoms with van der Waals surface area (Å²) in [6.45, 7) is 3.88. The first-order chi connectivity index (χ1) is 16.5. The van der Waals surface area contributed by atoms with Crippen molar-refractivity contribution in [3.63, 3.8) is 0 Å². The molecule has 34 heavy (non-hydrogen) atoms. The highest BCUT2D eigenvalue weighted by Crippen LogP contribution is 2.38. The first kappa shape index (κ1) is 26.4. The number of thiophene rings is 1. The Morgan fingerprint density at radius 2 is 1.88 bits per heavy atom. The van der Waals surface area contributed by atoms with Crippen molar-refractivity contribution in [2.75, 3.05) is 33.4 Å². The lowest BCUT2D eigenvalue weighted by atomic mass is 9.93. The van der Waals surface area contributed by atoms with E-state index in [0.717, 1.165) is 36.8 Å². The van der Waals surface area contributed by atoms with E-state index in [9.17, 15) is 14.0 Å². The lowest BCUT2D eigenvalue weighted by Crippen LogP contribution is -2.47. The molecular formula is C27H37FN2O3S. The maximum Gasteiger partial charge on any atom is 0.242 e. The smallest absolute Gasteiger partial charge is 0.242 e. The average molecular weight is 489 g/mol. The van der Waals surface area contributed by atoms with Gasteiger partial charge in [0.05, 0.1) is 12.6 Å². The summed E-state index contributed by atoms with van der Waals surface area (Å²) in [6, 6.07) is 8.20. The van der Waals surface area contributed by atoms with Gasteiger partial charge in [-0.1, -0.05) is 44.7 Å². The molecule has 0 N–H and O–H groups in total. The highest BCUT2D eigenvalue weighted by atomic mass is 32.1. The summed E-state index contributed by atoms with van der Waals surface area (Å²) >= 11 is 1.70. The number of rotatable bonds is 13. The third-order valence-corrected chi connectivity index (χ3v) is 7.42. The minimum atomic E-state index is -0.295. The molecule has 0 fully saturated rings. The highest BCUT2D eigenvalue weighted by molar-refractivity contribution is 7.10. The maximum atomic E-state index is 13.6. The molecule has 0 spiro atoms. The van der Waals surface area contributed by atoms with Gasteiger partial charge in [0.2, 0.25) is 11.8 Å². The highest BCUT2D eigenvalue weighted by Gasteiger charge is 2.33. The van der Waals surface area contributed by atoms with Gasteiger partial charge in [0.15, 0.2) is 0 Å². The van der Waals surface area contributed by atoms with Crippen LogP contribution in [0.5, 0.6) is 0 Å². The number of amides is 2. The second-order valence-corrected chi connectivity index (χ2v) is 9.92. The number of fused-ring (bicyclic) bond motifs is 1. The number of ether oxygens (including phenoxy) is 1. The lowest BCUT2D eigenvalue weighted by molar-refractivity contribution is -0.142. The first-order valence-electron chi connectivity index (χ1n) is 12.4. The van der Waals surface area contributed by atoms with Gasteiger partial charge in [-0.05, 0) is 54.0 Å². The van der Waals surface area contributed by atoms with Crippen LogP contribution in [0.2, 0.25) is 0 Å². The largest absolute Gasteiger partial charge is 0.385 e. The van der Waals surface area contributed by atoms with Gasteiger partial charge in [0, 0.05) is 38.1 Å². The molecule has 2 amide bonds. The van der Waals surface area contributed by atoms with Gasteiger partial charge in [-0.15, -0.1) is 11.3 Å². The average Bonchev–Trinajstić information content (AvgIpc) is 3.32. The molecule has 5 nitrogen and oxygen atoms in total. The van der Waals surface area contributed by atoms with E-state index in [2.05, 4.69) is 13.0 Å². The number of halogens is 1. The molecule has 1 aliphatic heterocycles. The van der Waals surface area contributed by atoms with Crippen molar-refractivity contribution in [2.24, 2.45) is 0 Å². The molecule has 0 saturated carbocycles. The molecule has 0 aliphatic carbocycles. The third kappa shape index (κ3) is 7.12. The monoisotopic (exact) mass is 488 g/mol. The fourth-order valence-electron chi connectivity index (χ4n) is 4.57. The van der Waals surface area contributed by atoms with Crippen LogP contribution in [0, 0.1) is 5.82 Å². The normalized spacial score (nSPS) is 15.3. The molecule has 0 saturated heterocycles. The molecule has 3 rings (SSSR count). The van der Waals surface area contributed by atoms with Crippen molar-refractivity contribution in [3.05, 3.63) is 57.5 Å². The molecule has 1 aromatic carbocycles. The number of unbranched alkanes of at least 4 members (excludes halogenated alkanes) is 4. The number of methoxy groups -OCH3 is 1. The zero-order valence-corrected chi connectivity index (χ0v) is 21.2. The first-order valence-corrected chi connectivity index (χ1v) is 13.3. The second-order valence-electron chi connectivity index (χ2n) is 8.92. The summed E-state index contributed by atoms with van der Waals surface area (Å²) in [5, 5.41) is 2.05. The fraction of sp³-hybridized carbons (Fsp3) is 0.556. The Balaban J connectivity index is 1.72. The van der Waals surface area contributed by atoms with Crippen LogP contribution in [0.15, 0.2) is 35.7 Å². The molecule has 1 atom stereocenters. The molecule has 2 heterocycles. The predicted molar refractivity (Wildman–Crippen MR) is 134 cm³/mol. The van der Waals surface area contributed by atoms with Crippen LogP contribution in [0.3, 0.4) is 0 Å². The molecule has 1 aromatic heterocycles. The maximum absolute atomic E-state index is 13.6. The Morgan fingerprint density at radius 3 is 2.62 bits per heavy atom. The summed E-state index contributed by atoms with van der Waals surface area (Å²) in [4.78, 5) is 31.4.